The lowest BCUT2D eigenvalue weighted by molar-refractivity contribution is -0.130. The average molecular weight is 794 g/mol. The molecule has 0 radical (unpaired) electrons. The molecule has 2 unspecified atom stereocenters. The summed E-state index contributed by atoms with van der Waals surface area (Å²) in [4.78, 5) is 55.4. The number of alkyl carbamates (subject to hydrolysis) is 2. The maximum Gasteiger partial charge on any atom is 0.407 e. The van der Waals surface area contributed by atoms with Gasteiger partial charge in [0.2, 0.25) is 11.8 Å². The molecule has 0 saturated carbocycles. The van der Waals surface area contributed by atoms with Gasteiger partial charge in [0.15, 0.2) is 5.96 Å². The van der Waals surface area contributed by atoms with E-state index < -0.39 is 18.2 Å². The van der Waals surface area contributed by atoms with Crippen LogP contribution in [0.5, 0.6) is 0 Å². The molecule has 0 aliphatic rings. The number of nitrogens with zero attached hydrogens (tertiary/aromatic N) is 1. The van der Waals surface area contributed by atoms with Crippen molar-refractivity contribution in [3.05, 3.63) is 138 Å². The number of aliphatic imine (C=N–C) groups is 1. The fourth-order valence-corrected chi connectivity index (χ4v) is 5.87. The van der Waals surface area contributed by atoms with Gasteiger partial charge in [-0.3, -0.25) is 9.59 Å². The number of nitrogens with one attached hydrogen (secondary N) is 4. The first kappa shape index (κ1) is 44.3. The van der Waals surface area contributed by atoms with Crippen molar-refractivity contribution in [2.24, 2.45) is 16.5 Å². The predicted molar refractivity (Wildman–Crippen MR) is 223 cm³/mol. The molecule has 0 bridgehead atoms. The Labute approximate surface area is 340 Å². The Morgan fingerprint density at radius 3 is 1.69 bits per heavy atom. The molecule has 4 rings (SSSR count). The zero-order chi connectivity index (χ0) is 41.2. The van der Waals surface area contributed by atoms with Crippen LogP contribution in [0.15, 0.2) is 120 Å². The van der Waals surface area contributed by atoms with Crippen LogP contribution in [-0.2, 0) is 50.0 Å². The quantitative estimate of drug-likeness (QED) is 0.0300. The molecule has 4 amide bonds. The monoisotopic (exact) mass is 793 g/mol. The highest BCUT2D eigenvalue weighted by Gasteiger charge is 2.21. The summed E-state index contributed by atoms with van der Waals surface area (Å²) in [5.74, 6) is -0.660. The molecule has 4 aromatic carbocycles. The average Bonchev–Trinajstić information content (AvgIpc) is 3.23. The van der Waals surface area contributed by atoms with Crippen molar-refractivity contribution in [1.82, 2.24) is 21.3 Å². The Kier molecular flexibility index (Phi) is 19.6. The number of rotatable bonds is 24. The largest absolute Gasteiger partial charge is 0.445 e. The van der Waals surface area contributed by atoms with Crippen LogP contribution in [0, 0.1) is 0 Å². The molecule has 0 aliphatic heterocycles. The summed E-state index contributed by atoms with van der Waals surface area (Å²) in [6.07, 6.45) is 2.50. The Bertz CT molecular complexity index is 1840. The first-order valence-corrected chi connectivity index (χ1v) is 19.5. The van der Waals surface area contributed by atoms with Crippen molar-refractivity contribution in [3.8, 4) is 0 Å². The molecule has 0 aromatic heterocycles. The van der Waals surface area contributed by atoms with Crippen LogP contribution in [-0.4, -0.2) is 61.7 Å². The number of amides is 4. The minimum Gasteiger partial charge on any atom is -0.445 e. The van der Waals surface area contributed by atoms with Crippen LogP contribution in [0.2, 0.25) is 0 Å². The molecular weight excluding hydrogens is 739 g/mol. The molecule has 58 heavy (non-hydrogen) atoms. The molecule has 0 heterocycles. The van der Waals surface area contributed by atoms with Gasteiger partial charge < -0.3 is 46.9 Å². The molecule has 14 nitrogen and oxygen atoms in total. The van der Waals surface area contributed by atoms with E-state index in [9.17, 15) is 19.2 Å². The van der Waals surface area contributed by atoms with Gasteiger partial charge in [0.1, 0.15) is 19.3 Å². The molecular formula is C44H55N7O7. The van der Waals surface area contributed by atoms with Gasteiger partial charge in [0.25, 0.3) is 0 Å². The highest BCUT2D eigenvalue weighted by Crippen LogP contribution is 2.15. The number of hydrogen-bond acceptors (Lipinski definition) is 8. The van der Waals surface area contributed by atoms with Gasteiger partial charge >= 0.3 is 12.2 Å². The Morgan fingerprint density at radius 1 is 0.586 bits per heavy atom. The van der Waals surface area contributed by atoms with Gasteiger partial charge in [-0.15, -0.1) is 0 Å². The summed E-state index contributed by atoms with van der Waals surface area (Å²) in [5.41, 5.74) is 15.3. The second-order valence-corrected chi connectivity index (χ2v) is 13.6. The minimum atomic E-state index is -0.912. The van der Waals surface area contributed by atoms with Crippen LogP contribution in [0.25, 0.3) is 0 Å². The third-order valence-corrected chi connectivity index (χ3v) is 8.89. The molecule has 2 atom stereocenters. The first-order chi connectivity index (χ1) is 28.2. The third kappa shape index (κ3) is 18.5. The van der Waals surface area contributed by atoms with Crippen molar-refractivity contribution in [1.29, 1.82) is 0 Å². The lowest BCUT2D eigenvalue weighted by Crippen LogP contribution is -2.49. The van der Waals surface area contributed by atoms with Crippen LogP contribution in [0.4, 0.5) is 15.3 Å². The zero-order valence-electron chi connectivity index (χ0n) is 32.8. The van der Waals surface area contributed by atoms with Crippen molar-refractivity contribution in [2.75, 3.05) is 19.7 Å². The van der Waals surface area contributed by atoms with E-state index >= 15 is 0 Å². The summed E-state index contributed by atoms with van der Waals surface area (Å²) < 4.78 is 16.6. The number of guanidine groups is 1. The van der Waals surface area contributed by atoms with Gasteiger partial charge in [0.05, 0.1) is 18.9 Å². The van der Waals surface area contributed by atoms with Crippen LogP contribution >= 0.6 is 0 Å². The molecule has 14 heteroatoms. The topological polar surface area (TPSA) is 208 Å². The highest BCUT2D eigenvalue weighted by molar-refractivity contribution is 5.87. The Morgan fingerprint density at radius 2 is 1.12 bits per heavy atom. The van der Waals surface area contributed by atoms with Crippen LogP contribution in [0.1, 0.15) is 60.8 Å². The number of nitrogens with two attached hydrogens (primary N) is 2. The minimum absolute atomic E-state index is 0.0169. The van der Waals surface area contributed by atoms with E-state index in [4.69, 9.17) is 25.7 Å². The van der Waals surface area contributed by atoms with Gasteiger partial charge in [0, 0.05) is 25.6 Å². The van der Waals surface area contributed by atoms with E-state index in [1.807, 2.05) is 103 Å². The van der Waals surface area contributed by atoms with Crippen molar-refractivity contribution >= 4 is 35.6 Å². The predicted octanol–water partition coefficient (Wildman–Crippen LogP) is 5.51. The van der Waals surface area contributed by atoms with Gasteiger partial charge in [-0.05, 0) is 72.9 Å². The normalized spacial score (nSPS) is 11.7. The maximum absolute atomic E-state index is 13.4. The summed E-state index contributed by atoms with van der Waals surface area (Å²) in [6, 6.07) is 34.6. The number of hydrogen-bond donors (Lipinski definition) is 6. The third-order valence-electron chi connectivity index (χ3n) is 8.89. The second kappa shape index (κ2) is 25.7. The SMILES string of the molecule is NC(N)=Nc1ccc(CCCC(=O)NC(COCc2ccccc2)C(=O)NCCCC(CCCNC(=O)OCc2ccccc2)NC(=O)OCc2ccccc2)cc1. The molecule has 4 aromatic rings. The fourth-order valence-electron chi connectivity index (χ4n) is 5.87. The lowest BCUT2D eigenvalue weighted by atomic mass is 10.1. The van der Waals surface area contributed by atoms with Crippen molar-refractivity contribution in [2.45, 2.75) is 76.9 Å². The van der Waals surface area contributed by atoms with Crippen molar-refractivity contribution < 1.29 is 33.4 Å². The number of benzene rings is 4. The smallest absolute Gasteiger partial charge is 0.407 e. The van der Waals surface area contributed by atoms with Crippen molar-refractivity contribution in [3.63, 3.8) is 0 Å². The van der Waals surface area contributed by atoms with Gasteiger partial charge in [-0.2, -0.15) is 0 Å². The molecule has 0 spiro atoms. The van der Waals surface area contributed by atoms with Gasteiger partial charge in [-0.1, -0.05) is 103 Å². The molecule has 8 N–H and O–H groups in total. The molecule has 308 valence electrons. The Hall–Kier alpha value is -6.41. The highest BCUT2D eigenvalue weighted by atomic mass is 16.6. The summed E-state index contributed by atoms with van der Waals surface area (Å²) in [6.45, 7) is 1.19. The van der Waals surface area contributed by atoms with E-state index in [1.54, 1.807) is 12.1 Å². The number of carbonyl (C=O) groups excluding carboxylic acids is 4. The maximum atomic E-state index is 13.4. The molecule has 0 saturated heterocycles. The van der Waals surface area contributed by atoms with E-state index in [0.717, 1.165) is 22.3 Å². The van der Waals surface area contributed by atoms with Gasteiger partial charge in [-0.25, -0.2) is 14.6 Å². The second-order valence-electron chi connectivity index (χ2n) is 13.6. The number of aryl methyl sites for hydroxylation is 1. The van der Waals surface area contributed by atoms with E-state index in [2.05, 4.69) is 26.3 Å². The molecule has 0 fully saturated rings. The number of ether oxygens (including phenoxy) is 3. The summed E-state index contributed by atoms with van der Waals surface area (Å²) in [5, 5.41) is 11.5. The first-order valence-electron chi connectivity index (χ1n) is 19.5. The fraction of sp³-hybridized carbons (Fsp3) is 0.341. The van der Waals surface area contributed by atoms with E-state index in [0.29, 0.717) is 57.3 Å². The Balaban J connectivity index is 1.25. The van der Waals surface area contributed by atoms with Crippen LogP contribution in [0.3, 0.4) is 0 Å². The standard InChI is InChI=1S/C44H55N7O7/c45-42(46)49-38-25-23-33(24-26-38)19-10-22-40(52)51-39(32-56-29-34-13-4-1-5-14-34)41(53)47-27-11-20-37(50-44(55)58-31-36-17-8-3-9-18-36)21-12-28-48-43(54)57-30-35-15-6-2-7-16-35/h1-9,13-18,23-26,37,39H,10-12,19-22,27-32H2,(H,47,53)(H,48,54)(H,50,55)(H,51,52)(H4,45,46,49). The lowest BCUT2D eigenvalue weighted by Gasteiger charge is -2.21. The van der Waals surface area contributed by atoms with E-state index in [1.165, 1.54) is 0 Å². The molecule has 0 aliphatic carbocycles. The van der Waals surface area contributed by atoms with E-state index in [-0.39, 0.29) is 56.7 Å². The summed E-state index contributed by atoms with van der Waals surface area (Å²) in [7, 11) is 0. The zero-order valence-corrected chi connectivity index (χ0v) is 32.8. The van der Waals surface area contributed by atoms with Crippen LogP contribution < -0.4 is 32.7 Å². The summed E-state index contributed by atoms with van der Waals surface area (Å²) >= 11 is 0. The number of carbonyl (C=O) groups is 4.